The Balaban J connectivity index is 2.64. The van der Waals surface area contributed by atoms with Crippen molar-refractivity contribution in [1.82, 2.24) is 0 Å². The molecule has 0 aliphatic rings. The fourth-order valence-electron chi connectivity index (χ4n) is 2.90. The highest BCUT2D eigenvalue weighted by atomic mass is 28.2. The SMILES string of the molecule is CC(/C=C/C(F)(F)F)C(O[Si]C(C)(C)C)(c1ccccc1)c1ccccc1. The number of halogens is 3. The van der Waals surface area contributed by atoms with Crippen LogP contribution in [0.3, 0.4) is 0 Å². The molecule has 0 saturated heterocycles. The van der Waals surface area contributed by atoms with Crippen molar-refractivity contribution in [3.05, 3.63) is 83.9 Å². The lowest BCUT2D eigenvalue weighted by Crippen LogP contribution is -2.40. The van der Waals surface area contributed by atoms with Gasteiger partial charge in [0.05, 0.1) is 0 Å². The van der Waals surface area contributed by atoms with Crippen LogP contribution in [0.1, 0.15) is 38.8 Å². The van der Waals surface area contributed by atoms with Crippen LogP contribution in [-0.4, -0.2) is 15.9 Å². The van der Waals surface area contributed by atoms with Gasteiger partial charge in [0.2, 0.25) is 9.76 Å². The first-order valence-electron chi connectivity index (χ1n) is 8.87. The highest BCUT2D eigenvalue weighted by Gasteiger charge is 2.41. The van der Waals surface area contributed by atoms with Crippen LogP contribution in [0.25, 0.3) is 0 Å². The molecule has 0 fully saturated rings. The number of allylic oxidation sites excluding steroid dienone is 1. The van der Waals surface area contributed by atoms with Gasteiger partial charge in [-0.25, -0.2) is 0 Å². The monoisotopic (exact) mass is 390 g/mol. The Bertz CT molecular complexity index is 694. The lowest BCUT2D eigenvalue weighted by molar-refractivity contribution is -0.0806. The van der Waals surface area contributed by atoms with Crippen LogP contribution in [-0.2, 0) is 10.0 Å². The summed E-state index contributed by atoms with van der Waals surface area (Å²) in [5, 5.41) is -0.109. The molecular weight excluding hydrogens is 365 g/mol. The van der Waals surface area contributed by atoms with Crippen molar-refractivity contribution in [3.63, 3.8) is 0 Å². The van der Waals surface area contributed by atoms with Crippen molar-refractivity contribution >= 4 is 9.76 Å². The predicted octanol–water partition coefficient (Wildman–Crippen LogP) is 6.54. The number of alkyl halides is 3. The number of rotatable bonds is 6. The molecule has 2 aromatic carbocycles. The van der Waals surface area contributed by atoms with Crippen LogP contribution in [0.5, 0.6) is 0 Å². The van der Waals surface area contributed by atoms with Crippen molar-refractivity contribution in [2.75, 3.05) is 0 Å². The summed E-state index contributed by atoms with van der Waals surface area (Å²) in [6, 6.07) is 19.0. The first-order valence-corrected chi connectivity index (χ1v) is 9.78. The molecule has 0 spiro atoms. The highest BCUT2D eigenvalue weighted by Crippen LogP contribution is 2.43. The molecule has 1 nitrogen and oxygen atoms in total. The maximum atomic E-state index is 12.9. The highest BCUT2D eigenvalue weighted by molar-refractivity contribution is 6.32. The molecular formula is C22H25F3OSi. The van der Waals surface area contributed by atoms with E-state index in [4.69, 9.17) is 4.43 Å². The van der Waals surface area contributed by atoms with E-state index in [9.17, 15) is 13.2 Å². The van der Waals surface area contributed by atoms with Crippen LogP contribution in [0, 0.1) is 5.92 Å². The second kappa shape index (κ2) is 8.44. The van der Waals surface area contributed by atoms with Gasteiger partial charge in [-0.3, -0.25) is 0 Å². The average Bonchev–Trinajstić information content (AvgIpc) is 2.61. The zero-order valence-electron chi connectivity index (χ0n) is 16.0. The topological polar surface area (TPSA) is 9.23 Å². The van der Waals surface area contributed by atoms with E-state index >= 15 is 0 Å². The van der Waals surface area contributed by atoms with E-state index < -0.39 is 17.7 Å². The molecule has 0 bridgehead atoms. The minimum atomic E-state index is -4.36. The van der Waals surface area contributed by atoms with Crippen molar-refractivity contribution in [3.8, 4) is 0 Å². The molecule has 0 heterocycles. The zero-order valence-corrected chi connectivity index (χ0v) is 17.0. The van der Waals surface area contributed by atoms with Crippen LogP contribution in [0.4, 0.5) is 13.2 Å². The number of hydrogen-bond donors (Lipinski definition) is 0. The van der Waals surface area contributed by atoms with Gasteiger partial charge < -0.3 is 4.43 Å². The lowest BCUT2D eigenvalue weighted by atomic mass is 9.76. The smallest absolute Gasteiger partial charge is 0.403 e. The van der Waals surface area contributed by atoms with Crippen LogP contribution >= 0.6 is 0 Å². The summed E-state index contributed by atoms with van der Waals surface area (Å²) in [4.78, 5) is 0. The van der Waals surface area contributed by atoms with E-state index in [1.54, 1.807) is 6.92 Å². The fourth-order valence-corrected chi connectivity index (χ4v) is 3.79. The maximum absolute atomic E-state index is 12.9. The molecule has 0 saturated carbocycles. The van der Waals surface area contributed by atoms with E-state index in [2.05, 4.69) is 20.8 Å². The summed E-state index contributed by atoms with van der Waals surface area (Å²) in [5.41, 5.74) is 0.676. The first-order chi connectivity index (χ1) is 12.5. The molecule has 5 heteroatoms. The van der Waals surface area contributed by atoms with E-state index in [0.29, 0.717) is 6.08 Å². The third-order valence-corrected chi connectivity index (χ3v) is 5.18. The molecule has 0 aromatic heterocycles. The fraction of sp³-hybridized carbons (Fsp3) is 0.364. The molecule has 2 aromatic rings. The van der Waals surface area contributed by atoms with E-state index in [1.165, 1.54) is 6.08 Å². The van der Waals surface area contributed by atoms with Gasteiger partial charge in [-0.05, 0) is 16.2 Å². The summed E-state index contributed by atoms with van der Waals surface area (Å²) < 4.78 is 45.1. The maximum Gasteiger partial charge on any atom is 0.409 e. The Morgan fingerprint density at radius 2 is 1.30 bits per heavy atom. The molecule has 1 atom stereocenters. The third kappa shape index (κ3) is 5.81. The summed E-state index contributed by atoms with van der Waals surface area (Å²) >= 11 is 0. The molecule has 27 heavy (non-hydrogen) atoms. The summed E-state index contributed by atoms with van der Waals surface area (Å²) in [6.07, 6.45) is -2.85. The Labute approximate surface area is 162 Å². The van der Waals surface area contributed by atoms with E-state index in [-0.39, 0.29) is 14.8 Å². The Morgan fingerprint density at radius 1 is 0.852 bits per heavy atom. The standard InChI is InChI=1S/C22H25F3OSi/c1-17(15-16-21(23,24)25)22(26-27-20(2,3)4,18-11-7-5-8-12-18)19-13-9-6-10-14-19/h5-17H,1-4H3/b16-15+. The van der Waals surface area contributed by atoms with Gasteiger partial charge in [0.25, 0.3) is 0 Å². The van der Waals surface area contributed by atoms with Crippen LogP contribution in [0.2, 0.25) is 5.04 Å². The number of hydrogen-bond acceptors (Lipinski definition) is 1. The van der Waals surface area contributed by atoms with Gasteiger partial charge in [-0.1, -0.05) is 94.4 Å². The summed E-state index contributed by atoms with van der Waals surface area (Å²) in [7, 11) is 0.113. The van der Waals surface area contributed by atoms with Crippen molar-refractivity contribution < 1.29 is 17.6 Å². The quantitative estimate of drug-likeness (QED) is 0.402. The largest absolute Gasteiger partial charge is 0.409 e. The number of benzene rings is 2. The van der Waals surface area contributed by atoms with Gasteiger partial charge >= 0.3 is 6.18 Å². The van der Waals surface area contributed by atoms with Gasteiger partial charge in [0, 0.05) is 12.0 Å². The molecule has 0 amide bonds. The molecule has 144 valence electrons. The molecule has 0 N–H and O–H groups in total. The second-order valence-corrected chi connectivity index (χ2v) is 9.52. The Hall–Kier alpha value is -1.85. The third-order valence-electron chi connectivity index (χ3n) is 4.14. The van der Waals surface area contributed by atoms with Gasteiger partial charge in [0.1, 0.15) is 5.60 Å². The molecule has 0 aliphatic heterocycles. The van der Waals surface area contributed by atoms with Crippen molar-refractivity contribution in [2.24, 2.45) is 5.92 Å². The van der Waals surface area contributed by atoms with Crippen molar-refractivity contribution in [1.29, 1.82) is 0 Å². The minimum absolute atomic E-state index is 0.109. The summed E-state index contributed by atoms with van der Waals surface area (Å²) in [6.45, 7) is 7.95. The average molecular weight is 391 g/mol. The first kappa shape index (κ1) is 21.4. The summed E-state index contributed by atoms with van der Waals surface area (Å²) in [5.74, 6) is -0.529. The normalized spacial score (nSPS) is 14.5. The Kier molecular flexibility index (Phi) is 6.71. The molecule has 2 radical (unpaired) electrons. The van der Waals surface area contributed by atoms with Crippen LogP contribution in [0.15, 0.2) is 72.8 Å². The van der Waals surface area contributed by atoms with Crippen LogP contribution < -0.4 is 0 Å². The Morgan fingerprint density at radius 3 is 1.67 bits per heavy atom. The minimum Gasteiger partial charge on any atom is -0.403 e. The van der Waals surface area contributed by atoms with E-state index in [1.807, 2.05) is 60.7 Å². The molecule has 0 aliphatic carbocycles. The van der Waals surface area contributed by atoms with Gasteiger partial charge in [0.15, 0.2) is 0 Å². The lowest BCUT2D eigenvalue weighted by Gasteiger charge is -2.41. The molecule has 2 rings (SSSR count). The van der Waals surface area contributed by atoms with Gasteiger partial charge in [-0.15, -0.1) is 0 Å². The van der Waals surface area contributed by atoms with Crippen molar-refractivity contribution in [2.45, 2.75) is 44.5 Å². The zero-order chi connectivity index (χ0) is 20.1. The van der Waals surface area contributed by atoms with E-state index in [0.717, 1.165) is 11.1 Å². The molecule has 1 unspecified atom stereocenters. The van der Waals surface area contributed by atoms with Gasteiger partial charge in [-0.2, -0.15) is 13.2 Å². The second-order valence-electron chi connectivity index (χ2n) is 7.61. The predicted molar refractivity (Wildman–Crippen MR) is 105 cm³/mol.